The summed E-state index contributed by atoms with van der Waals surface area (Å²) in [5.41, 5.74) is 0.913. The van der Waals surface area contributed by atoms with Crippen LogP contribution in [0.15, 0.2) is 46.5 Å². The number of carbonyl (C=O) groups is 1. The van der Waals surface area contributed by atoms with Crippen LogP contribution < -0.4 is 14.8 Å². The highest BCUT2D eigenvalue weighted by atomic mass is 32.2. The summed E-state index contributed by atoms with van der Waals surface area (Å²) in [5, 5.41) is 2.77. The zero-order chi connectivity index (χ0) is 18.0. The molecule has 1 aromatic rings. The summed E-state index contributed by atoms with van der Waals surface area (Å²) in [4.78, 5) is 14.1. The van der Waals surface area contributed by atoms with Crippen LogP contribution in [0.5, 0.6) is 11.5 Å². The second-order valence-corrected chi connectivity index (χ2v) is 7.16. The van der Waals surface area contributed by atoms with Gasteiger partial charge in [0.15, 0.2) is 0 Å². The van der Waals surface area contributed by atoms with Crippen LogP contribution in [0.3, 0.4) is 0 Å². The van der Waals surface area contributed by atoms with E-state index in [9.17, 15) is 13.2 Å². The number of ether oxygens (including phenoxy) is 2. The van der Waals surface area contributed by atoms with E-state index in [0.29, 0.717) is 28.6 Å². The van der Waals surface area contributed by atoms with Crippen molar-refractivity contribution in [1.82, 2.24) is 4.90 Å². The van der Waals surface area contributed by atoms with E-state index in [4.69, 9.17) is 9.47 Å². The fraction of sp³-hybridized carbons (Fsp3) is 0.250. The third kappa shape index (κ3) is 3.82. The Morgan fingerprint density at radius 1 is 1.16 bits per heavy atom. The first kappa shape index (κ1) is 17.0. The van der Waals surface area contributed by atoms with Gasteiger partial charge in [0.2, 0.25) is 0 Å². The van der Waals surface area contributed by atoms with Gasteiger partial charge < -0.3 is 19.7 Å². The van der Waals surface area contributed by atoms with Crippen molar-refractivity contribution in [3.05, 3.63) is 42.1 Å². The summed E-state index contributed by atoms with van der Waals surface area (Å²) in [6, 6.07) is 5.05. The van der Waals surface area contributed by atoms with Gasteiger partial charge in [-0.2, -0.15) is 0 Å². The maximum absolute atomic E-state index is 12.5. The van der Waals surface area contributed by atoms with E-state index in [1.807, 2.05) is 0 Å². The number of nitrogens with zero attached hydrogens (tertiary/aromatic N) is 2. The molecule has 9 heteroatoms. The monoisotopic (exact) mass is 363 g/mol. The number of carbonyl (C=O) groups excluding carboxylic acids is 1. The molecule has 1 N–H and O–H groups in total. The predicted octanol–water partition coefficient (Wildman–Crippen LogP) is 1.14. The van der Waals surface area contributed by atoms with Crippen LogP contribution in [-0.2, 0) is 14.8 Å². The number of fused-ring (bicyclic) bond motifs is 1. The van der Waals surface area contributed by atoms with E-state index >= 15 is 0 Å². The van der Waals surface area contributed by atoms with Gasteiger partial charge in [-0.3, -0.25) is 4.79 Å². The molecule has 2 aliphatic rings. The van der Waals surface area contributed by atoms with E-state index in [1.54, 1.807) is 29.3 Å². The summed E-state index contributed by atoms with van der Waals surface area (Å²) >= 11 is 0. The van der Waals surface area contributed by atoms with E-state index in [-0.39, 0.29) is 18.2 Å². The van der Waals surface area contributed by atoms with Crippen molar-refractivity contribution in [2.24, 2.45) is 4.40 Å². The highest BCUT2D eigenvalue weighted by Crippen LogP contribution is 2.26. The van der Waals surface area contributed by atoms with Crippen LogP contribution in [0.1, 0.15) is 0 Å². The lowest BCUT2D eigenvalue weighted by molar-refractivity contribution is -0.112. The zero-order valence-electron chi connectivity index (χ0n) is 13.7. The van der Waals surface area contributed by atoms with Crippen LogP contribution in [0.25, 0.3) is 0 Å². The van der Waals surface area contributed by atoms with E-state index in [1.165, 1.54) is 26.4 Å². The van der Waals surface area contributed by atoms with Crippen LogP contribution in [0, 0.1) is 0 Å². The van der Waals surface area contributed by atoms with Crippen molar-refractivity contribution < 1.29 is 22.7 Å². The minimum atomic E-state index is -3.42. The normalized spacial score (nSPS) is 17.9. The number of amidine groups is 1. The summed E-state index contributed by atoms with van der Waals surface area (Å²) in [6.45, 7) is 0.259. The van der Waals surface area contributed by atoms with E-state index in [0.717, 1.165) is 0 Å². The molecule has 0 spiro atoms. The van der Waals surface area contributed by atoms with Gasteiger partial charge in [0, 0.05) is 36.6 Å². The number of anilines is 1. The van der Waals surface area contributed by atoms with Crippen molar-refractivity contribution in [3.63, 3.8) is 0 Å². The summed E-state index contributed by atoms with van der Waals surface area (Å²) in [7, 11) is -0.366. The first-order valence-corrected chi connectivity index (χ1v) is 9.05. The first-order valence-electron chi connectivity index (χ1n) is 7.44. The highest BCUT2D eigenvalue weighted by molar-refractivity contribution is 7.90. The minimum absolute atomic E-state index is 0.0805. The van der Waals surface area contributed by atoms with Gasteiger partial charge in [-0.05, 0) is 12.2 Å². The van der Waals surface area contributed by atoms with Crippen LogP contribution in [0.4, 0.5) is 5.69 Å². The lowest BCUT2D eigenvalue weighted by atomic mass is 10.1. The van der Waals surface area contributed by atoms with Gasteiger partial charge >= 0.3 is 0 Å². The Morgan fingerprint density at radius 2 is 1.84 bits per heavy atom. The van der Waals surface area contributed by atoms with Gasteiger partial charge in [-0.1, -0.05) is 0 Å². The molecule has 25 heavy (non-hydrogen) atoms. The number of nitrogens with one attached hydrogen (secondary N) is 1. The van der Waals surface area contributed by atoms with Crippen molar-refractivity contribution in [3.8, 4) is 11.5 Å². The number of sulfonamides is 1. The molecule has 3 rings (SSSR count). The number of benzene rings is 1. The Hall–Kier alpha value is -2.81. The molecule has 2 heterocycles. The second kappa shape index (κ2) is 6.60. The van der Waals surface area contributed by atoms with Gasteiger partial charge in [-0.25, -0.2) is 8.42 Å². The topological polar surface area (TPSA) is 97.3 Å². The molecular formula is C16H17N3O5S. The van der Waals surface area contributed by atoms with Crippen LogP contribution >= 0.6 is 0 Å². The molecular weight excluding hydrogens is 346 g/mol. The largest absolute Gasteiger partial charge is 0.497 e. The molecule has 0 unspecified atom stereocenters. The average Bonchev–Trinajstić information content (AvgIpc) is 2.60. The van der Waals surface area contributed by atoms with Crippen molar-refractivity contribution in [2.45, 2.75) is 0 Å². The minimum Gasteiger partial charge on any atom is -0.497 e. The van der Waals surface area contributed by atoms with Crippen molar-refractivity contribution >= 4 is 27.5 Å². The summed E-state index contributed by atoms with van der Waals surface area (Å²) < 4.78 is 37.0. The third-order valence-corrected chi connectivity index (χ3v) is 4.86. The smallest absolute Gasteiger partial charge is 0.257 e. The molecule has 1 aromatic carbocycles. The zero-order valence-corrected chi connectivity index (χ0v) is 14.5. The summed E-state index contributed by atoms with van der Waals surface area (Å²) in [6.07, 6.45) is 4.63. The predicted molar refractivity (Wildman–Crippen MR) is 93.3 cm³/mol. The Kier molecular flexibility index (Phi) is 4.49. The van der Waals surface area contributed by atoms with Gasteiger partial charge in [0.1, 0.15) is 17.3 Å². The Bertz CT molecular complexity index is 880. The Labute approximate surface area is 145 Å². The van der Waals surface area contributed by atoms with Crippen molar-refractivity contribution in [1.29, 1.82) is 0 Å². The number of hydrogen-bond acceptors (Lipinski definition) is 6. The number of methoxy groups -OCH3 is 2. The molecule has 0 saturated heterocycles. The molecule has 1 amide bonds. The first-order chi connectivity index (χ1) is 11.9. The van der Waals surface area contributed by atoms with Gasteiger partial charge in [-0.15, -0.1) is 4.40 Å². The van der Waals surface area contributed by atoms with Crippen molar-refractivity contribution in [2.75, 3.05) is 31.8 Å². The maximum atomic E-state index is 12.5. The molecule has 0 atom stereocenters. The SMILES string of the molecule is COc1cc(NC(=O)C2=CN3CCS(=O)(=O)N=C3C=C2)cc(OC)c1. The average molecular weight is 363 g/mol. The number of rotatable bonds is 4. The second-order valence-electron chi connectivity index (χ2n) is 5.40. The van der Waals surface area contributed by atoms with Crippen LogP contribution in [-0.4, -0.2) is 51.6 Å². The van der Waals surface area contributed by atoms with Gasteiger partial charge in [0.25, 0.3) is 15.9 Å². The molecule has 0 radical (unpaired) electrons. The standard InChI is InChI=1S/C16H17N3O5S/c1-23-13-7-12(8-14(9-13)24-2)17-16(20)11-3-4-15-18-25(21,22)6-5-19(15)10-11/h3-4,7-10H,5-6H2,1-2H3,(H,17,20). The maximum Gasteiger partial charge on any atom is 0.257 e. The van der Waals surface area contributed by atoms with E-state index in [2.05, 4.69) is 9.71 Å². The quantitative estimate of drug-likeness (QED) is 0.862. The third-order valence-electron chi connectivity index (χ3n) is 3.70. The molecule has 8 nitrogen and oxygen atoms in total. The van der Waals surface area contributed by atoms with Crippen LogP contribution in [0.2, 0.25) is 0 Å². The molecule has 132 valence electrons. The van der Waals surface area contributed by atoms with Gasteiger partial charge in [0.05, 0.1) is 25.5 Å². The lowest BCUT2D eigenvalue weighted by Crippen LogP contribution is -2.37. The fourth-order valence-electron chi connectivity index (χ4n) is 2.42. The lowest BCUT2D eigenvalue weighted by Gasteiger charge is -2.27. The molecule has 2 aliphatic heterocycles. The Morgan fingerprint density at radius 3 is 2.48 bits per heavy atom. The molecule has 0 aromatic heterocycles. The number of amides is 1. The molecule has 0 saturated carbocycles. The molecule has 0 bridgehead atoms. The molecule has 0 aliphatic carbocycles. The Balaban J connectivity index is 1.79. The highest BCUT2D eigenvalue weighted by Gasteiger charge is 2.25. The molecule has 0 fully saturated rings. The summed E-state index contributed by atoms with van der Waals surface area (Å²) in [5.74, 6) is 1.00. The van der Waals surface area contributed by atoms with E-state index < -0.39 is 10.0 Å². The fourth-order valence-corrected chi connectivity index (χ4v) is 3.39. The number of hydrogen-bond donors (Lipinski definition) is 1.